The average molecular weight is 509 g/mol. The fraction of sp³-hybridized carbons (Fsp3) is 0. The van der Waals surface area contributed by atoms with Gasteiger partial charge in [-0.15, -0.1) is 0 Å². The lowest BCUT2D eigenvalue weighted by atomic mass is 10.0. The molecule has 0 spiro atoms. The van der Waals surface area contributed by atoms with Gasteiger partial charge in [0.05, 0.1) is 27.6 Å². The highest BCUT2D eigenvalue weighted by Crippen LogP contribution is 2.40. The normalized spacial score (nSPS) is 12.0. The van der Waals surface area contributed by atoms with Crippen LogP contribution in [0.3, 0.4) is 0 Å². The monoisotopic (exact) mass is 508 g/mol. The Morgan fingerprint density at radius 3 is 1.80 bits per heavy atom. The van der Waals surface area contributed by atoms with Crippen LogP contribution in [0, 0.1) is 0 Å². The van der Waals surface area contributed by atoms with Crippen LogP contribution in [-0.2, 0) is 0 Å². The fourth-order valence-electron chi connectivity index (χ4n) is 6.69. The smallest absolute Gasteiger partial charge is 0.0562 e. The summed E-state index contributed by atoms with van der Waals surface area (Å²) in [5.74, 6) is 0. The quantitative estimate of drug-likeness (QED) is 0.206. The van der Waals surface area contributed by atoms with E-state index in [1.165, 1.54) is 76.7 Å². The van der Waals surface area contributed by atoms with Gasteiger partial charge in [0, 0.05) is 32.6 Å². The number of hydrogen-bond acceptors (Lipinski definition) is 0. The van der Waals surface area contributed by atoms with Crippen molar-refractivity contribution in [2.24, 2.45) is 0 Å². The lowest BCUT2D eigenvalue weighted by Crippen LogP contribution is -1.96. The van der Waals surface area contributed by atoms with Crippen molar-refractivity contribution in [3.05, 3.63) is 146 Å². The summed E-state index contributed by atoms with van der Waals surface area (Å²) in [5, 5.41) is 7.65. The Bertz CT molecular complexity index is 2420. The van der Waals surface area contributed by atoms with Gasteiger partial charge in [0.25, 0.3) is 0 Å². The molecule has 0 saturated carbocycles. The highest BCUT2D eigenvalue weighted by molar-refractivity contribution is 6.21. The van der Waals surface area contributed by atoms with E-state index in [9.17, 15) is 0 Å². The summed E-state index contributed by atoms with van der Waals surface area (Å²) in [4.78, 5) is 0. The summed E-state index contributed by atoms with van der Waals surface area (Å²) in [6.07, 6.45) is 0. The SMILES string of the molecule is c1ccc(-c2cccc(-n3c4ccccc4c4cc5c6ccccc6c6cc7ccccc7n6c5cc43)c2)cc1. The minimum Gasteiger partial charge on any atom is -0.309 e. The first-order valence-corrected chi connectivity index (χ1v) is 13.8. The zero-order chi connectivity index (χ0) is 26.2. The number of nitrogens with zero attached hydrogens (tertiary/aromatic N) is 2. The van der Waals surface area contributed by atoms with E-state index in [4.69, 9.17) is 0 Å². The highest BCUT2D eigenvalue weighted by Gasteiger charge is 2.18. The van der Waals surface area contributed by atoms with E-state index >= 15 is 0 Å². The predicted octanol–water partition coefficient (Wildman–Crippen LogP) is 10.2. The lowest BCUT2D eigenvalue weighted by Gasteiger charge is -2.13. The molecule has 9 aromatic rings. The molecule has 0 N–H and O–H groups in total. The number of fused-ring (bicyclic) bond motifs is 11. The second-order valence-corrected chi connectivity index (χ2v) is 10.6. The number of benzene rings is 6. The molecule has 40 heavy (non-hydrogen) atoms. The van der Waals surface area contributed by atoms with Crippen LogP contribution in [0.2, 0.25) is 0 Å². The minimum absolute atomic E-state index is 1.17. The molecule has 3 heterocycles. The molecule has 3 aromatic heterocycles. The average Bonchev–Trinajstić information content (AvgIpc) is 3.57. The molecule has 0 bridgehead atoms. The Labute approximate surface area is 230 Å². The van der Waals surface area contributed by atoms with Gasteiger partial charge in [0.15, 0.2) is 0 Å². The Morgan fingerprint density at radius 2 is 0.950 bits per heavy atom. The topological polar surface area (TPSA) is 9.34 Å². The summed E-state index contributed by atoms with van der Waals surface area (Å²) in [6, 6.07) is 53.0. The van der Waals surface area contributed by atoms with E-state index in [1.807, 2.05) is 0 Å². The molecule has 0 aliphatic carbocycles. The van der Waals surface area contributed by atoms with Gasteiger partial charge in [0.1, 0.15) is 0 Å². The zero-order valence-electron chi connectivity index (χ0n) is 21.8. The summed E-state index contributed by atoms with van der Waals surface area (Å²) >= 11 is 0. The summed E-state index contributed by atoms with van der Waals surface area (Å²) < 4.78 is 4.89. The third kappa shape index (κ3) is 2.93. The van der Waals surface area contributed by atoms with Gasteiger partial charge in [-0.1, -0.05) is 103 Å². The molecule has 0 fully saturated rings. The molecule has 6 aromatic carbocycles. The van der Waals surface area contributed by atoms with Crippen molar-refractivity contribution in [2.45, 2.75) is 0 Å². The maximum Gasteiger partial charge on any atom is 0.0562 e. The van der Waals surface area contributed by atoms with Crippen LogP contribution in [0.15, 0.2) is 146 Å². The molecule has 2 nitrogen and oxygen atoms in total. The predicted molar refractivity (Wildman–Crippen MR) is 170 cm³/mol. The molecule has 2 heteroatoms. The first-order chi connectivity index (χ1) is 19.8. The van der Waals surface area contributed by atoms with Crippen molar-refractivity contribution in [3.8, 4) is 16.8 Å². The van der Waals surface area contributed by atoms with E-state index in [0.29, 0.717) is 0 Å². The molecular weight excluding hydrogens is 484 g/mol. The van der Waals surface area contributed by atoms with Crippen molar-refractivity contribution < 1.29 is 0 Å². The minimum atomic E-state index is 1.17. The van der Waals surface area contributed by atoms with Gasteiger partial charge < -0.3 is 8.97 Å². The number of para-hydroxylation sites is 2. The van der Waals surface area contributed by atoms with E-state index in [1.54, 1.807) is 0 Å². The molecule has 0 aliphatic rings. The Morgan fingerprint density at radius 1 is 0.325 bits per heavy atom. The fourth-order valence-corrected chi connectivity index (χ4v) is 6.69. The second-order valence-electron chi connectivity index (χ2n) is 10.6. The molecular formula is C38H24N2. The highest BCUT2D eigenvalue weighted by atomic mass is 15.0. The van der Waals surface area contributed by atoms with Crippen molar-refractivity contribution in [1.29, 1.82) is 0 Å². The molecule has 9 rings (SSSR count). The maximum atomic E-state index is 2.45. The largest absolute Gasteiger partial charge is 0.309 e. The second kappa shape index (κ2) is 8.08. The van der Waals surface area contributed by atoms with Crippen LogP contribution in [0.25, 0.3) is 76.7 Å². The molecule has 0 amide bonds. The maximum absolute atomic E-state index is 2.45. The summed E-state index contributed by atoms with van der Waals surface area (Å²) in [7, 11) is 0. The van der Waals surface area contributed by atoms with E-state index in [0.717, 1.165) is 0 Å². The van der Waals surface area contributed by atoms with Crippen molar-refractivity contribution in [3.63, 3.8) is 0 Å². The van der Waals surface area contributed by atoms with Gasteiger partial charge in [-0.3, -0.25) is 0 Å². The summed E-state index contributed by atoms with van der Waals surface area (Å²) in [5.41, 5.74) is 9.76. The van der Waals surface area contributed by atoms with E-state index in [2.05, 4.69) is 155 Å². The Kier molecular flexibility index (Phi) is 4.36. The van der Waals surface area contributed by atoms with Gasteiger partial charge in [-0.2, -0.15) is 0 Å². The first kappa shape index (κ1) is 21.6. The van der Waals surface area contributed by atoms with Crippen LogP contribution in [0.5, 0.6) is 0 Å². The molecule has 0 radical (unpaired) electrons. The Balaban J connectivity index is 1.47. The van der Waals surface area contributed by atoms with E-state index < -0.39 is 0 Å². The van der Waals surface area contributed by atoms with E-state index in [-0.39, 0.29) is 0 Å². The molecule has 0 aliphatic heterocycles. The van der Waals surface area contributed by atoms with Crippen molar-refractivity contribution in [1.82, 2.24) is 8.97 Å². The number of hydrogen-bond donors (Lipinski definition) is 0. The van der Waals surface area contributed by atoms with Crippen molar-refractivity contribution >= 4 is 59.9 Å². The Hall–Kier alpha value is -5.34. The van der Waals surface area contributed by atoms with Crippen molar-refractivity contribution in [2.75, 3.05) is 0 Å². The van der Waals surface area contributed by atoms with Gasteiger partial charge in [-0.05, 0) is 59.0 Å². The third-order valence-electron chi connectivity index (χ3n) is 8.45. The zero-order valence-corrected chi connectivity index (χ0v) is 21.8. The molecule has 0 atom stereocenters. The standard InChI is InChI=1S/C38H24N2/c1-2-11-25(12-3-1)26-14-10-15-28(21-26)39-35-20-9-7-18-31(35)33-23-32-29-16-5-6-17-30(29)36-22-27-13-4-8-19-34(27)40(36)38(32)24-37(33)39/h1-24H. The van der Waals surface area contributed by atoms with Crippen LogP contribution in [-0.4, -0.2) is 8.97 Å². The summed E-state index contributed by atoms with van der Waals surface area (Å²) in [6.45, 7) is 0. The third-order valence-corrected chi connectivity index (χ3v) is 8.45. The molecule has 0 saturated heterocycles. The van der Waals surface area contributed by atoms with Crippen LogP contribution >= 0.6 is 0 Å². The van der Waals surface area contributed by atoms with Crippen LogP contribution < -0.4 is 0 Å². The van der Waals surface area contributed by atoms with Gasteiger partial charge >= 0.3 is 0 Å². The number of aromatic nitrogens is 2. The first-order valence-electron chi connectivity index (χ1n) is 13.8. The number of rotatable bonds is 2. The van der Waals surface area contributed by atoms with Gasteiger partial charge in [-0.25, -0.2) is 0 Å². The van der Waals surface area contributed by atoms with Crippen LogP contribution in [0.1, 0.15) is 0 Å². The lowest BCUT2D eigenvalue weighted by molar-refractivity contribution is 1.18. The van der Waals surface area contributed by atoms with Gasteiger partial charge in [0.2, 0.25) is 0 Å². The molecule has 0 unspecified atom stereocenters. The molecule has 186 valence electrons. The van der Waals surface area contributed by atoms with Crippen LogP contribution in [0.4, 0.5) is 0 Å². The number of pyridine rings is 1.